The van der Waals surface area contributed by atoms with E-state index in [1.807, 2.05) is 6.07 Å². The second kappa shape index (κ2) is 6.38. The van der Waals surface area contributed by atoms with Gasteiger partial charge in [0.25, 0.3) is 5.69 Å². The summed E-state index contributed by atoms with van der Waals surface area (Å²) >= 11 is 0. The summed E-state index contributed by atoms with van der Waals surface area (Å²) in [6.07, 6.45) is 0. The molecule has 138 valence electrons. The first kappa shape index (κ1) is 17.8. The van der Waals surface area contributed by atoms with Crippen LogP contribution in [0.15, 0.2) is 38.9 Å². The SMILES string of the molecule is COc1cc([C@H]2C(C#N)=C(N)Oc3cc(C)oc(=O)c32)cc([N+](=O)[O-])c1[O-]. The minimum Gasteiger partial charge on any atom is -0.865 e. The molecule has 0 aliphatic carbocycles. The lowest BCUT2D eigenvalue weighted by molar-refractivity contribution is -0.398. The molecule has 1 atom stereocenters. The molecule has 1 aromatic carbocycles. The maximum atomic E-state index is 12.4. The number of benzene rings is 1. The highest BCUT2D eigenvalue weighted by molar-refractivity contribution is 5.62. The van der Waals surface area contributed by atoms with Crippen LogP contribution in [-0.2, 0) is 0 Å². The van der Waals surface area contributed by atoms with E-state index in [2.05, 4.69) is 0 Å². The number of ether oxygens (including phenoxy) is 2. The Hall–Kier alpha value is -4.00. The molecule has 0 saturated heterocycles. The van der Waals surface area contributed by atoms with Crippen molar-refractivity contribution in [3.63, 3.8) is 0 Å². The molecule has 0 spiro atoms. The second-order valence-electron chi connectivity index (χ2n) is 5.68. The largest absolute Gasteiger partial charge is 0.865 e. The Morgan fingerprint density at radius 3 is 2.67 bits per heavy atom. The molecule has 0 fully saturated rings. The number of allylic oxidation sites excluding steroid dienone is 1. The number of aryl methyl sites for hydroxylation is 1. The zero-order chi connectivity index (χ0) is 19.9. The zero-order valence-corrected chi connectivity index (χ0v) is 14.1. The molecule has 1 aliphatic rings. The van der Waals surface area contributed by atoms with Crippen molar-refractivity contribution < 1.29 is 23.9 Å². The smallest absolute Gasteiger partial charge is 0.343 e. The Morgan fingerprint density at radius 2 is 2.07 bits per heavy atom. The quantitative estimate of drug-likeness (QED) is 0.616. The maximum absolute atomic E-state index is 12.4. The van der Waals surface area contributed by atoms with Gasteiger partial charge in [-0.15, -0.1) is 0 Å². The monoisotopic (exact) mass is 370 g/mol. The Balaban J connectivity index is 2.37. The number of nitrogens with zero attached hydrogens (tertiary/aromatic N) is 2. The van der Waals surface area contributed by atoms with E-state index in [0.29, 0.717) is 0 Å². The Kier molecular flexibility index (Phi) is 4.21. The number of nitro groups is 1. The van der Waals surface area contributed by atoms with E-state index >= 15 is 0 Å². The molecule has 0 bridgehead atoms. The lowest BCUT2D eigenvalue weighted by Crippen LogP contribution is -2.26. The van der Waals surface area contributed by atoms with Crippen LogP contribution in [0.5, 0.6) is 17.2 Å². The van der Waals surface area contributed by atoms with Crippen molar-refractivity contribution in [1.29, 1.82) is 5.26 Å². The van der Waals surface area contributed by atoms with E-state index in [9.17, 15) is 25.3 Å². The Labute approximate surface area is 151 Å². The Bertz CT molecular complexity index is 1090. The number of hydrogen-bond donors (Lipinski definition) is 1. The van der Waals surface area contributed by atoms with Crippen LogP contribution in [0.1, 0.15) is 22.8 Å². The summed E-state index contributed by atoms with van der Waals surface area (Å²) in [5.41, 5.74) is 4.15. The second-order valence-corrected chi connectivity index (χ2v) is 5.68. The summed E-state index contributed by atoms with van der Waals surface area (Å²) in [4.78, 5) is 22.8. The number of nitriles is 1. The summed E-state index contributed by atoms with van der Waals surface area (Å²) in [7, 11) is 1.18. The van der Waals surface area contributed by atoms with E-state index in [1.165, 1.54) is 26.2 Å². The first-order valence-electron chi connectivity index (χ1n) is 7.54. The molecule has 1 aliphatic heterocycles. The molecule has 1 aromatic heterocycles. The Morgan fingerprint density at radius 1 is 1.37 bits per heavy atom. The molecule has 10 nitrogen and oxygen atoms in total. The highest BCUT2D eigenvalue weighted by atomic mass is 16.6. The molecule has 27 heavy (non-hydrogen) atoms. The number of methoxy groups -OCH3 is 1. The van der Waals surface area contributed by atoms with E-state index in [0.717, 1.165) is 6.07 Å². The van der Waals surface area contributed by atoms with Crippen LogP contribution in [-0.4, -0.2) is 12.0 Å². The molecular formula is C17H12N3O7-. The van der Waals surface area contributed by atoms with Crippen molar-refractivity contribution in [2.45, 2.75) is 12.8 Å². The van der Waals surface area contributed by atoms with Crippen LogP contribution >= 0.6 is 0 Å². The number of nitro benzene ring substituents is 1. The number of rotatable bonds is 3. The van der Waals surface area contributed by atoms with Crippen molar-refractivity contribution in [1.82, 2.24) is 0 Å². The minimum atomic E-state index is -1.12. The molecular weight excluding hydrogens is 358 g/mol. The fraction of sp³-hybridized carbons (Fsp3) is 0.176. The van der Waals surface area contributed by atoms with E-state index < -0.39 is 27.9 Å². The molecule has 0 unspecified atom stereocenters. The van der Waals surface area contributed by atoms with Gasteiger partial charge in [0, 0.05) is 17.9 Å². The third-order valence-corrected chi connectivity index (χ3v) is 4.06. The van der Waals surface area contributed by atoms with Gasteiger partial charge < -0.3 is 24.7 Å². The third-order valence-electron chi connectivity index (χ3n) is 4.06. The highest BCUT2D eigenvalue weighted by Crippen LogP contribution is 2.44. The van der Waals surface area contributed by atoms with Gasteiger partial charge in [0.15, 0.2) is 0 Å². The van der Waals surface area contributed by atoms with Gasteiger partial charge in [-0.2, -0.15) is 5.26 Å². The predicted molar refractivity (Wildman–Crippen MR) is 88.1 cm³/mol. The molecule has 10 heteroatoms. The van der Waals surface area contributed by atoms with Crippen LogP contribution in [0.2, 0.25) is 0 Å². The van der Waals surface area contributed by atoms with Crippen molar-refractivity contribution in [2.75, 3.05) is 7.11 Å². The summed E-state index contributed by atoms with van der Waals surface area (Å²) < 4.78 is 15.4. The third kappa shape index (κ3) is 2.81. The molecule has 0 radical (unpaired) electrons. The van der Waals surface area contributed by atoms with E-state index in [4.69, 9.17) is 19.6 Å². The van der Waals surface area contributed by atoms with Gasteiger partial charge in [-0.05, 0) is 18.6 Å². The summed E-state index contributed by atoms with van der Waals surface area (Å²) in [5, 5.41) is 32.8. The van der Waals surface area contributed by atoms with Crippen molar-refractivity contribution in [3.05, 3.63) is 67.1 Å². The van der Waals surface area contributed by atoms with Gasteiger partial charge in [-0.1, -0.05) is 0 Å². The standard InChI is InChI=1S/C17H13N3O7/c1-7-3-11-14(17(22)26-7)13(9(6-18)16(19)27-11)8-4-10(20(23)24)15(21)12(5-8)25-2/h3-5,13,21H,19H2,1-2H3/p-1/t13-/m0/s1. The predicted octanol–water partition coefficient (Wildman–Crippen LogP) is 1.16. The van der Waals surface area contributed by atoms with Crippen LogP contribution < -0.4 is 25.9 Å². The first-order valence-corrected chi connectivity index (χ1v) is 7.54. The normalized spacial score (nSPS) is 15.5. The maximum Gasteiger partial charge on any atom is 0.343 e. The molecule has 2 aromatic rings. The topological polar surface area (TPSA) is 165 Å². The van der Waals surface area contributed by atoms with Crippen molar-refractivity contribution >= 4 is 5.69 Å². The van der Waals surface area contributed by atoms with E-state index in [1.54, 1.807) is 0 Å². The average Bonchev–Trinajstić information content (AvgIpc) is 2.60. The molecule has 3 rings (SSSR count). The summed E-state index contributed by atoms with van der Waals surface area (Å²) in [5.74, 6) is -2.29. The minimum absolute atomic E-state index is 0.0543. The molecule has 0 amide bonds. The summed E-state index contributed by atoms with van der Waals surface area (Å²) in [6, 6.07) is 5.46. The van der Waals surface area contributed by atoms with Gasteiger partial charge in [0.05, 0.1) is 23.5 Å². The van der Waals surface area contributed by atoms with Crippen molar-refractivity contribution in [2.24, 2.45) is 5.73 Å². The molecule has 0 saturated carbocycles. The van der Waals surface area contributed by atoms with Crippen LogP contribution in [0.4, 0.5) is 5.69 Å². The number of hydrogen-bond acceptors (Lipinski definition) is 9. The van der Waals surface area contributed by atoms with Crippen molar-refractivity contribution in [3.8, 4) is 23.3 Å². The first-order chi connectivity index (χ1) is 12.8. The highest BCUT2D eigenvalue weighted by Gasteiger charge is 2.35. The summed E-state index contributed by atoms with van der Waals surface area (Å²) in [6.45, 7) is 1.53. The number of fused-ring (bicyclic) bond motifs is 1. The molecule has 2 heterocycles. The van der Waals surface area contributed by atoms with Crippen LogP contribution in [0.25, 0.3) is 0 Å². The van der Waals surface area contributed by atoms with Gasteiger partial charge in [-0.3, -0.25) is 10.1 Å². The van der Waals surface area contributed by atoms with Crippen LogP contribution in [0, 0.1) is 28.4 Å². The zero-order valence-electron chi connectivity index (χ0n) is 14.1. The van der Waals surface area contributed by atoms with Crippen LogP contribution in [0.3, 0.4) is 0 Å². The van der Waals surface area contributed by atoms with Gasteiger partial charge in [0.2, 0.25) is 5.88 Å². The van der Waals surface area contributed by atoms with Gasteiger partial charge >= 0.3 is 5.63 Å². The fourth-order valence-electron chi connectivity index (χ4n) is 2.91. The fourth-order valence-corrected chi connectivity index (χ4v) is 2.91. The number of nitrogens with two attached hydrogens (primary N) is 1. The lowest BCUT2D eigenvalue weighted by Gasteiger charge is -2.26. The van der Waals surface area contributed by atoms with E-state index in [-0.39, 0.29) is 39.8 Å². The lowest BCUT2D eigenvalue weighted by atomic mass is 9.84. The van der Waals surface area contributed by atoms with Gasteiger partial charge in [0.1, 0.15) is 28.9 Å². The van der Waals surface area contributed by atoms with Gasteiger partial charge in [-0.25, -0.2) is 4.79 Å². The molecule has 2 N–H and O–H groups in total. The average molecular weight is 370 g/mol.